The van der Waals surface area contributed by atoms with Crippen molar-refractivity contribution in [3.63, 3.8) is 0 Å². The molecule has 100 valence electrons. The number of ether oxygens (including phenoxy) is 2. The fourth-order valence-electron chi connectivity index (χ4n) is 2.68. The van der Waals surface area contributed by atoms with Gasteiger partial charge in [0, 0.05) is 11.6 Å². The maximum atomic E-state index is 5.48. The normalized spacial score (nSPS) is 18.2. The highest BCUT2D eigenvalue weighted by Gasteiger charge is 2.34. The van der Waals surface area contributed by atoms with Gasteiger partial charge in [0.05, 0.1) is 14.2 Å². The van der Waals surface area contributed by atoms with E-state index in [1.807, 2.05) is 19.2 Å². The standard InChI is InChI=1S/C15H23NO2/c1-10(11-5-6-11)15(16-2)13-9-12(17-3)7-8-14(13)18-4/h7-11,15-16H,5-6H2,1-4H3. The van der Waals surface area contributed by atoms with Crippen LogP contribution in [-0.2, 0) is 0 Å². The first-order valence-corrected chi connectivity index (χ1v) is 6.60. The van der Waals surface area contributed by atoms with Crippen molar-refractivity contribution in [1.82, 2.24) is 5.32 Å². The molecule has 1 fully saturated rings. The van der Waals surface area contributed by atoms with Gasteiger partial charge < -0.3 is 14.8 Å². The van der Waals surface area contributed by atoms with Gasteiger partial charge in [-0.3, -0.25) is 0 Å². The zero-order chi connectivity index (χ0) is 13.1. The van der Waals surface area contributed by atoms with E-state index in [4.69, 9.17) is 9.47 Å². The number of hydrogen-bond donors (Lipinski definition) is 1. The van der Waals surface area contributed by atoms with Crippen molar-refractivity contribution in [2.24, 2.45) is 11.8 Å². The fraction of sp³-hybridized carbons (Fsp3) is 0.600. The summed E-state index contributed by atoms with van der Waals surface area (Å²) in [6.45, 7) is 2.32. The number of nitrogens with one attached hydrogen (secondary N) is 1. The Labute approximate surface area is 109 Å². The predicted molar refractivity (Wildman–Crippen MR) is 73.2 cm³/mol. The Bertz CT molecular complexity index is 401. The largest absolute Gasteiger partial charge is 0.497 e. The van der Waals surface area contributed by atoms with E-state index in [0.717, 1.165) is 17.4 Å². The highest BCUT2D eigenvalue weighted by Crippen LogP contribution is 2.44. The minimum atomic E-state index is 0.322. The van der Waals surface area contributed by atoms with Crippen LogP contribution in [0.3, 0.4) is 0 Å². The van der Waals surface area contributed by atoms with E-state index in [1.165, 1.54) is 18.4 Å². The summed E-state index contributed by atoms with van der Waals surface area (Å²) in [4.78, 5) is 0. The minimum Gasteiger partial charge on any atom is -0.497 e. The van der Waals surface area contributed by atoms with Crippen LogP contribution in [0.1, 0.15) is 31.4 Å². The second-order valence-electron chi connectivity index (χ2n) is 5.07. The SMILES string of the molecule is CNC(c1cc(OC)ccc1OC)C(C)C1CC1. The molecule has 0 heterocycles. The maximum absolute atomic E-state index is 5.48. The number of benzene rings is 1. The summed E-state index contributed by atoms with van der Waals surface area (Å²) >= 11 is 0. The van der Waals surface area contributed by atoms with Crippen molar-refractivity contribution in [3.8, 4) is 11.5 Å². The first-order valence-electron chi connectivity index (χ1n) is 6.60. The summed E-state index contributed by atoms with van der Waals surface area (Å²) in [6, 6.07) is 6.33. The van der Waals surface area contributed by atoms with Gasteiger partial charge in [-0.05, 0) is 49.9 Å². The lowest BCUT2D eigenvalue weighted by atomic mass is 9.90. The number of methoxy groups -OCH3 is 2. The van der Waals surface area contributed by atoms with E-state index in [9.17, 15) is 0 Å². The molecule has 3 nitrogen and oxygen atoms in total. The first-order chi connectivity index (χ1) is 8.71. The van der Waals surface area contributed by atoms with Gasteiger partial charge in [0.15, 0.2) is 0 Å². The van der Waals surface area contributed by atoms with Gasteiger partial charge in [-0.2, -0.15) is 0 Å². The topological polar surface area (TPSA) is 30.5 Å². The van der Waals surface area contributed by atoms with Crippen LogP contribution in [0.5, 0.6) is 11.5 Å². The Morgan fingerprint density at radius 2 is 1.94 bits per heavy atom. The van der Waals surface area contributed by atoms with Crippen LogP contribution >= 0.6 is 0 Å². The van der Waals surface area contributed by atoms with E-state index in [0.29, 0.717) is 12.0 Å². The zero-order valence-electron chi connectivity index (χ0n) is 11.7. The molecule has 1 aromatic carbocycles. The second kappa shape index (κ2) is 5.61. The van der Waals surface area contributed by atoms with Crippen molar-refractivity contribution in [2.45, 2.75) is 25.8 Å². The van der Waals surface area contributed by atoms with E-state index in [2.05, 4.69) is 18.3 Å². The predicted octanol–water partition coefficient (Wildman–Crippen LogP) is 3.01. The quantitative estimate of drug-likeness (QED) is 0.840. The molecule has 0 aromatic heterocycles. The summed E-state index contributed by atoms with van der Waals surface area (Å²) < 4.78 is 10.8. The third kappa shape index (κ3) is 2.61. The maximum Gasteiger partial charge on any atom is 0.123 e. The average molecular weight is 249 g/mol. The summed E-state index contributed by atoms with van der Waals surface area (Å²) in [5, 5.41) is 3.43. The number of rotatable bonds is 6. The lowest BCUT2D eigenvalue weighted by Crippen LogP contribution is -2.25. The van der Waals surface area contributed by atoms with E-state index >= 15 is 0 Å². The summed E-state index contributed by atoms with van der Waals surface area (Å²) in [7, 11) is 5.44. The highest BCUT2D eigenvalue weighted by molar-refractivity contribution is 5.42. The van der Waals surface area contributed by atoms with E-state index in [1.54, 1.807) is 14.2 Å². The molecule has 1 saturated carbocycles. The van der Waals surface area contributed by atoms with Crippen LogP contribution in [0.15, 0.2) is 18.2 Å². The Balaban J connectivity index is 2.32. The van der Waals surface area contributed by atoms with Gasteiger partial charge in [-0.25, -0.2) is 0 Å². The molecule has 1 aliphatic carbocycles. The van der Waals surface area contributed by atoms with Crippen molar-refractivity contribution < 1.29 is 9.47 Å². The molecular formula is C15H23NO2. The van der Waals surface area contributed by atoms with Gasteiger partial charge >= 0.3 is 0 Å². The lowest BCUT2D eigenvalue weighted by molar-refractivity contribution is 0.343. The van der Waals surface area contributed by atoms with Crippen molar-refractivity contribution in [3.05, 3.63) is 23.8 Å². The molecule has 1 aliphatic rings. The molecule has 2 unspecified atom stereocenters. The Kier molecular flexibility index (Phi) is 4.12. The molecule has 0 aliphatic heterocycles. The molecule has 0 saturated heterocycles. The van der Waals surface area contributed by atoms with Gasteiger partial charge in [-0.1, -0.05) is 6.92 Å². The third-order valence-corrected chi connectivity index (χ3v) is 3.97. The summed E-state index contributed by atoms with van der Waals surface area (Å²) in [6.07, 6.45) is 2.71. The van der Waals surface area contributed by atoms with Crippen molar-refractivity contribution in [2.75, 3.05) is 21.3 Å². The molecule has 1 N–H and O–H groups in total. The molecular weight excluding hydrogens is 226 g/mol. The molecule has 0 radical (unpaired) electrons. The van der Waals surface area contributed by atoms with Crippen LogP contribution in [0, 0.1) is 11.8 Å². The van der Waals surface area contributed by atoms with E-state index in [-0.39, 0.29) is 0 Å². The number of hydrogen-bond acceptors (Lipinski definition) is 3. The average Bonchev–Trinajstić information content (AvgIpc) is 3.23. The smallest absolute Gasteiger partial charge is 0.123 e. The Morgan fingerprint density at radius 3 is 2.44 bits per heavy atom. The van der Waals surface area contributed by atoms with Gasteiger partial charge in [-0.15, -0.1) is 0 Å². The monoisotopic (exact) mass is 249 g/mol. The summed E-state index contributed by atoms with van der Waals surface area (Å²) in [5.74, 6) is 3.28. The van der Waals surface area contributed by atoms with Crippen LogP contribution < -0.4 is 14.8 Å². The summed E-state index contributed by atoms with van der Waals surface area (Å²) in [5.41, 5.74) is 1.19. The van der Waals surface area contributed by atoms with Crippen LogP contribution in [-0.4, -0.2) is 21.3 Å². The molecule has 18 heavy (non-hydrogen) atoms. The molecule has 3 heteroatoms. The molecule has 0 amide bonds. The van der Waals surface area contributed by atoms with Crippen LogP contribution in [0.25, 0.3) is 0 Å². The van der Waals surface area contributed by atoms with Crippen LogP contribution in [0.4, 0.5) is 0 Å². The molecule has 0 bridgehead atoms. The van der Waals surface area contributed by atoms with E-state index < -0.39 is 0 Å². The fourth-order valence-corrected chi connectivity index (χ4v) is 2.68. The Morgan fingerprint density at radius 1 is 1.22 bits per heavy atom. The molecule has 2 rings (SSSR count). The molecule has 2 atom stereocenters. The van der Waals surface area contributed by atoms with Gasteiger partial charge in [0.2, 0.25) is 0 Å². The third-order valence-electron chi connectivity index (χ3n) is 3.97. The highest BCUT2D eigenvalue weighted by atomic mass is 16.5. The van der Waals surface area contributed by atoms with Crippen LogP contribution in [0.2, 0.25) is 0 Å². The minimum absolute atomic E-state index is 0.322. The zero-order valence-corrected chi connectivity index (χ0v) is 11.7. The first kappa shape index (κ1) is 13.2. The van der Waals surface area contributed by atoms with Gasteiger partial charge in [0.25, 0.3) is 0 Å². The van der Waals surface area contributed by atoms with Crippen molar-refractivity contribution in [1.29, 1.82) is 0 Å². The molecule has 1 aromatic rings. The van der Waals surface area contributed by atoms with Crippen molar-refractivity contribution >= 4 is 0 Å². The second-order valence-corrected chi connectivity index (χ2v) is 5.07. The molecule has 0 spiro atoms. The Hall–Kier alpha value is -1.22. The van der Waals surface area contributed by atoms with Gasteiger partial charge in [0.1, 0.15) is 11.5 Å². The lowest BCUT2D eigenvalue weighted by Gasteiger charge is -2.26.